The lowest BCUT2D eigenvalue weighted by Gasteiger charge is -2.31. The molecule has 1 atom stereocenters. The van der Waals surface area contributed by atoms with Gasteiger partial charge in [0.25, 0.3) is 0 Å². The lowest BCUT2D eigenvalue weighted by molar-refractivity contribution is -0.135. The summed E-state index contributed by atoms with van der Waals surface area (Å²) in [5.41, 5.74) is 1.73. The summed E-state index contributed by atoms with van der Waals surface area (Å²) in [6, 6.07) is 3.82. The maximum absolute atomic E-state index is 12.5. The Labute approximate surface area is 144 Å². The van der Waals surface area contributed by atoms with Crippen molar-refractivity contribution in [3.8, 4) is 10.6 Å². The van der Waals surface area contributed by atoms with E-state index in [1.165, 1.54) is 11.3 Å². The Morgan fingerprint density at radius 1 is 1.46 bits per heavy atom. The standard InChI is InChI=1S/C17H20N4O2S/c1-18-16(23)13-5-3-7-21(10-13)15(22)8-14-11-24-17(20-14)12-4-2-6-19-9-12/h2,4,6,9,11,13H,3,5,7-8,10H2,1H3,(H,18,23). The first-order chi connectivity index (χ1) is 11.7. The lowest BCUT2D eigenvalue weighted by atomic mass is 9.97. The SMILES string of the molecule is CNC(=O)C1CCCN(C(=O)Cc2csc(-c3cccnc3)n2)C1. The zero-order valence-electron chi connectivity index (χ0n) is 13.6. The van der Waals surface area contributed by atoms with Gasteiger partial charge in [-0.2, -0.15) is 0 Å². The van der Waals surface area contributed by atoms with Crippen molar-refractivity contribution in [2.75, 3.05) is 20.1 Å². The Kier molecular flexibility index (Phi) is 5.20. The van der Waals surface area contributed by atoms with Crippen LogP contribution in [0.15, 0.2) is 29.9 Å². The second kappa shape index (κ2) is 7.53. The van der Waals surface area contributed by atoms with E-state index in [2.05, 4.69) is 15.3 Å². The number of amides is 2. The summed E-state index contributed by atoms with van der Waals surface area (Å²) in [4.78, 5) is 34.7. The van der Waals surface area contributed by atoms with Crippen molar-refractivity contribution >= 4 is 23.2 Å². The molecule has 0 aliphatic carbocycles. The van der Waals surface area contributed by atoms with E-state index in [0.29, 0.717) is 13.1 Å². The van der Waals surface area contributed by atoms with Gasteiger partial charge in [-0.05, 0) is 25.0 Å². The number of carbonyl (C=O) groups is 2. The number of likely N-dealkylation sites (tertiary alicyclic amines) is 1. The van der Waals surface area contributed by atoms with Gasteiger partial charge in [0.15, 0.2) is 0 Å². The van der Waals surface area contributed by atoms with E-state index < -0.39 is 0 Å². The van der Waals surface area contributed by atoms with Crippen LogP contribution in [0.2, 0.25) is 0 Å². The van der Waals surface area contributed by atoms with Crippen LogP contribution in [0, 0.1) is 5.92 Å². The van der Waals surface area contributed by atoms with Crippen molar-refractivity contribution < 1.29 is 9.59 Å². The molecule has 1 saturated heterocycles. The molecule has 1 aliphatic heterocycles. The Balaban J connectivity index is 1.63. The maximum atomic E-state index is 12.5. The molecule has 0 radical (unpaired) electrons. The van der Waals surface area contributed by atoms with Crippen molar-refractivity contribution in [3.05, 3.63) is 35.6 Å². The van der Waals surface area contributed by atoms with Gasteiger partial charge in [-0.1, -0.05) is 0 Å². The highest BCUT2D eigenvalue weighted by Gasteiger charge is 2.28. The fraction of sp³-hybridized carbons (Fsp3) is 0.412. The molecule has 3 heterocycles. The van der Waals surface area contributed by atoms with Crippen LogP contribution in [0.1, 0.15) is 18.5 Å². The van der Waals surface area contributed by atoms with Crippen LogP contribution in [0.25, 0.3) is 10.6 Å². The molecule has 2 aromatic heterocycles. The first-order valence-electron chi connectivity index (χ1n) is 8.01. The molecule has 7 heteroatoms. The molecule has 6 nitrogen and oxygen atoms in total. The predicted molar refractivity (Wildman–Crippen MR) is 92.4 cm³/mol. The fourth-order valence-electron chi connectivity index (χ4n) is 2.90. The van der Waals surface area contributed by atoms with E-state index in [4.69, 9.17) is 0 Å². The summed E-state index contributed by atoms with van der Waals surface area (Å²) in [5.74, 6) is -0.0549. The van der Waals surface area contributed by atoms with Crippen molar-refractivity contribution in [1.29, 1.82) is 0 Å². The van der Waals surface area contributed by atoms with Gasteiger partial charge in [-0.3, -0.25) is 14.6 Å². The second-order valence-electron chi connectivity index (χ2n) is 5.86. The van der Waals surface area contributed by atoms with E-state index in [-0.39, 0.29) is 24.2 Å². The maximum Gasteiger partial charge on any atom is 0.228 e. The number of nitrogens with zero attached hydrogens (tertiary/aromatic N) is 3. The molecule has 3 rings (SSSR count). The Morgan fingerprint density at radius 2 is 2.33 bits per heavy atom. The van der Waals surface area contributed by atoms with Crippen LogP contribution in [0.3, 0.4) is 0 Å². The molecule has 0 spiro atoms. The average molecular weight is 344 g/mol. The van der Waals surface area contributed by atoms with Gasteiger partial charge in [-0.15, -0.1) is 11.3 Å². The first kappa shape index (κ1) is 16.6. The molecule has 2 amide bonds. The minimum absolute atomic E-state index is 0.0139. The zero-order chi connectivity index (χ0) is 16.9. The molecule has 1 N–H and O–H groups in total. The average Bonchev–Trinajstić information content (AvgIpc) is 3.10. The van der Waals surface area contributed by atoms with Crippen LogP contribution in [0.5, 0.6) is 0 Å². The van der Waals surface area contributed by atoms with Crippen LogP contribution < -0.4 is 5.32 Å². The number of carbonyl (C=O) groups excluding carboxylic acids is 2. The summed E-state index contributed by atoms with van der Waals surface area (Å²) in [7, 11) is 1.64. The Bertz CT molecular complexity index is 716. The monoisotopic (exact) mass is 344 g/mol. The van der Waals surface area contributed by atoms with Gasteiger partial charge < -0.3 is 10.2 Å². The van der Waals surface area contributed by atoms with Crippen molar-refractivity contribution in [3.63, 3.8) is 0 Å². The normalized spacial score (nSPS) is 17.5. The van der Waals surface area contributed by atoms with E-state index in [0.717, 1.165) is 29.1 Å². The number of thiazole rings is 1. The molecular weight excluding hydrogens is 324 g/mol. The number of pyridine rings is 1. The van der Waals surface area contributed by atoms with Crippen LogP contribution in [0.4, 0.5) is 0 Å². The first-order valence-corrected chi connectivity index (χ1v) is 8.89. The van der Waals surface area contributed by atoms with Gasteiger partial charge in [0.1, 0.15) is 5.01 Å². The number of hydrogen-bond acceptors (Lipinski definition) is 5. The highest BCUT2D eigenvalue weighted by Crippen LogP contribution is 2.23. The molecular formula is C17H20N4O2S. The molecule has 1 fully saturated rings. The number of aromatic nitrogens is 2. The third-order valence-electron chi connectivity index (χ3n) is 4.18. The van der Waals surface area contributed by atoms with E-state index in [9.17, 15) is 9.59 Å². The molecule has 1 unspecified atom stereocenters. The van der Waals surface area contributed by atoms with Crippen molar-refractivity contribution in [1.82, 2.24) is 20.2 Å². The fourth-order valence-corrected chi connectivity index (χ4v) is 3.71. The smallest absolute Gasteiger partial charge is 0.228 e. The molecule has 1 aliphatic rings. The molecule has 0 bridgehead atoms. The summed E-state index contributed by atoms with van der Waals surface area (Å²) in [6.45, 7) is 1.21. The summed E-state index contributed by atoms with van der Waals surface area (Å²) in [6.07, 6.45) is 5.47. The van der Waals surface area contributed by atoms with E-state index in [1.807, 2.05) is 17.5 Å². The van der Waals surface area contributed by atoms with Gasteiger partial charge in [-0.25, -0.2) is 4.98 Å². The minimum atomic E-state index is -0.103. The van der Waals surface area contributed by atoms with E-state index >= 15 is 0 Å². The van der Waals surface area contributed by atoms with Gasteiger partial charge in [0.05, 0.1) is 18.0 Å². The van der Waals surface area contributed by atoms with Crippen LogP contribution in [-0.2, 0) is 16.0 Å². The molecule has 126 valence electrons. The zero-order valence-corrected chi connectivity index (χ0v) is 14.4. The number of hydrogen-bond donors (Lipinski definition) is 1. The second-order valence-corrected chi connectivity index (χ2v) is 6.71. The Morgan fingerprint density at radius 3 is 3.08 bits per heavy atom. The highest BCUT2D eigenvalue weighted by atomic mass is 32.1. The van der Waals surface area contributed by atoms with Gasteiger partial charge >= 0.3 is 0 Å². The molecule has 0 aromatic carbocycles. The topological polar surface area (TPSA) is 75.2 Å². The lowest BCUT2D eigenvalue weighted by Crippen LogP contribution is -2.45. The number of nitrogens with one attached hydrogen (secondary N) is 1. The number of piperidine rings is 1. The Hall–Kier alpha value is -2.28. The van der Waals surface area contributed by atoms with Gasteiger partial charge in [0, 0.05) is 43.5 Å². The molecule has 24 heavy (non-hydrogen) atoms. The quantitative estimate of drug-likeness (QED) is 0.917. The molecule has 2 aromatic rings. The van der Waals surface area contributed by atoms with Crippen molar-refractivity contribution in [2.24, 2.45) is 5.92 Å². The van der Waals surface area contributed by atoms with Crippen LogP contribution >= 0.6 is 11.3 Å². The summed E-state index contributed by atoms with van der Waals surface area (Å²) >= 11 is 1.51. The predicted octanol–water partition coefficient (Wildman–Crippen LogP) is 1.73. The number of rotatable bonds is 4. The summed E-state index contributed by atoms with van der Waals surface area (Å²) in [5, 5.41) is 5.46. The van der Waals surface area contributed by atoms with Crippen LogP contribution in [-0.4, -0.2) is 46.8 Å². The van der Waals surface area contributed by atoms with Gasteiger partial charge in [0.2, 0.25) is 11.8 Å². The molecule has 0 saturated carbocycles. The van der Waals surface area contributed by atoms with Crippen molar-refractivity contribution in [2.45, 2.75) is 19.3 Å². The van der Waals surface area contributed by atoms with E-state index in [1.54, 1.807) is 24.3 Å². The third kappa shape index (κ3) is 3.79. The highest BCUT2D eigenvalue weighted by molar-refractivity contribution is 7.13. The largest absolute Gasteiger partial charge is 0.359 e. The summed E-state index contributed by atoms with van der Waals surface area (Å²) < 4.78 is 0. The minimum Gasteiger partial charge on any atom is -0.359 e. The third-order valence-corrected chi connectivity index (χ3v) is 5.12.